The molecule has 2 aliphatic rings. The van der Waals surface area contributed by atoms with E-state index >= 15 is 0 Å². The monoisotopic (exact) mass is 575 g/mol. The van der Waals surface area contributed by atoms with Gasteiger partial charge in [0.1, 0.15) is 35.7 Å². The average molecular weight is 576 g/mol. The highest BCUT2D eigenvalue weighted by molar-refractivity contribution is 5.87. The first-order valence-electron chi connectivity index (χ1n) is 14.0. The minimum atomic E-state index is -0.879. The highest BCUT2D eigenvalue weighted by atomic mass is 16.8. The number of likely N-dealkylation sites (tertiary alicyclic amines) is 1. The molecule has 0 bridgehead atoms. The number of nitrogens with two attached hydrogens (primary N) is 1. The number of rotatable bonds is 6. The van der Waals surface area contributed by atoms with Gasteiger partial charge in [0.2, 0.25) is 0 Å². The van der Waals surface area contributed by atoms with Crippen LogP contribution in [0.1, 0.15) is 51.9 Å². The van der Waals surface area contributed by atoms with Gasteiger partial charge in [-0.15, -0.1) is 0 Å². The summed E-state index contributed by atoms with van der Waals surface area (Å²) in [6.07, 6.45) is 1.72. The highest BCUT2D eigenvalue weighted by Crippen LogP contribution is 2.49. The molecule has 222 valence electrons. The molecule has 1 amide bonds. The number of benzene rings is 1. The Bertz CT molecular complexity index is 1590. The molecule has 6 rings (SSSR count). The van der Waals surface area contributed by atoms with Crippen molar-refractivity contribution in [3.63, 3.8) is 0 Å². The largest absolute Gasteiger partial charge is 0.444 e. The van der Waals surface area contributed by atoms with Crippen LogP contribution in [0.15, 0.2) is 55.0 Å². The Hall–Kier alpha value is -4.00. The standard InChI is InChI=1S/C30H37N7O5/c1-29(2,3)42-28(38)36-22(16-39-15-18-10-8-7-9-11-18)25-26(41-30(4,5)40-25)24(36)21-14-19(20-12-13-35(6)34-20)23-27(31)32-17-33-37(21)23/h7-14,17,22,24-26H,15-16H2,1-6H3,(H2,31,32,33)/t22-,24+,25-,26+/m1/s1. The molecule has 12 heteroatoms. The molecule has 2 aliphatic heterocycles. The van der Waals surface area contributed by atoms with Crippen LogP contribution in [0.3, 0.4) is 0 Å². The number of aryl methyl sites for hydroxylation is 1. The Morgan fingerprint density at radius 3 is 2.55 bits per heavy atom. The zero-order valence-electron chi connectivity index (χ0n) is 24.7. The van der Waals surface area contributed by atoms with Crippen LogP contribution in [0.25, 0.3) is 16.8 Å². The summed E-state index contributed by atoms with van der Waals surface area (Å²) in [7, 11) is 1.85. The third-order valence-electron chi connectivity index (χ3n) is 7.42. The van der Waals surface area contributed by atoms with E-state index in [0.717, 1.165) is 11.1 Å². The van der Waals surface area contributed by atoms with Crippen LogP contribution in [0.2, 0.25) is 0 Å². The Balaban J connectivity index is 1.46. The number of fused-ring (bicyclic) bond motifs is 2. The zero-order chi connectivity index (χ0) is 29.8. The maximum absolute atomic E-state index is 14.0. The predicted molar refractivity (Wildman–Crippen MR) is 154 cm³/mol. The molecule has 42 heavy (non-hydrogen) atoms. The SMILES string of the molecule is Cn1ccc(-c2cc([C@H]3[C@@H]4OC(C)(C)O[C@@H]4[C@@H](COCc4ccccc4)N3C(=O)OC(C)(C)C)n3ncnc(N)c23)n1. The van der Waals surface area contributed by atoms with E-state index in [1.54, 1.807) is 14.1 Å². The first kappa shape index (κ1) is 28.1. The van der Waals surface area contributed by atoms with Crippen molar-refractivity contribution in [2.75, 3.05) is 12.3 Å². The average Bonchev–Trinajstić information content (AvgIpc) is 3.65. The maximum Gasteiger partial charge on any atom is 0.411 e. The fraction of sp³-hybridized carbons (Fsp3) is 0.467. The van der Waals surface area contributed by atoms with Crippen molar-refractivity contribution >= 4 is 17.4 Å². The number of hydrogen-bond acceptors (Lipinski definition) is 9. The number of amides is 1. The Morgan fingerprint density at radius 1 is 1.12 bits per heavy atom. The van der Waals surface area contributed by atoms with Crippen molar-refractivity contribution < 1.29 is 23.7 Å². The van der Waals surface area contributed by atoms with Crippen LogP contribution in [-0.4, -0.2) is 71.6 Å². The van der Waals surface area contributed by atoms with Gasteiger partial charge in [0.15, 0.2) is 11.6 Å². The molecule has 4 aromatic rings. The van der Waals surface area contributed by atoms with E-state index in [1.807, 2.05) is 90.3 Å². The van der Waals surface area contributed by atoms with Crippen LogP contribution < -0.4 is 5.73 Å². The molecular weight excluding hydrogens is 538 g/mol. The summed E-state index contributed by atoms with van der Waals surface area (Å²) in [5.74, 6) is -0.585. The molecule has 5 heterocycles. The van der Waals surface area contributed by atoms with Crippen molar-refractivity contribution in [3.05, 3.63) is 66.2 Å². The lowest BCUT2D eigenvalue weighted by atomic mass is 10.0. The van der Waals surface area contributed by atoms with Crippen molar-refractivity contribution in [1.82, 2.24) is 29.3 Å². The summed E-state index contributed by atoms with van der Waals surface area (Å²) < 4.78 is 28.5. The van der Waals surface area contributed by atoms with Crippen molar-refractivity contribution in [1.29, 1.82) is 0 Å². The van der Waals surface area contributed by atoms with E-state index in [-0.39, 0.29) is 6.61 Å². The lowest BCUT2D eigenvalue weighted by Gasteiger charge is -2.35. The molecule has 4 atom stereocenters. The number of ether oxygens (including phenoxy) is 4. The molecule has 2 fully saturated rings. The van der Waals surface area contributed by atoms with E-state index in [1.165, 1.54) is 6.33 Å². The fourth-order valence-corrected chi connectivity index (χ4v) is 5.86. The second-order valence-corrected chi connectivity index (χ2v) is 12.2. The van der Waals surface area contributed by atoms with Gasteiger partial charge >= 0.3 is 6.09 Å². The van der Waals surface area contributed by atoms with Gasteiger partial charge in [0.05, 0.1) is 30.6 Å². The minimum absolute atomic E-state index is 0.207. The van der Waals surface area contributed by atoms with Crippen LogP contribution in [0, 0.1) is 0 Å². The van der Waals surface area contributed by atoms with Gasteiger partial charge in [-0.25, -0.2) is 14.3 Å². The van der Waals surface area contributed by atoms with Gasteiger partial charge in [-0.1, -0.05) is 30.3 Å². The van der Waals surface area contributed by atoms with Gasteiger partial charge < -0.3 is 24.7 Å². The summed E-state index contributed by atoms with van der Waals surface area (Å²) in [6, 6.07) is 12.6. The van der Waals surface area contributed by atoms with Crippen molar-refractivity contribution in [2.24, 2.45) is 7.05 Å². The third-order valence-corrected chi connectivity index (χ3v) is 7.42. The van der Waals surface area contributed by atoms with Gasteiger partial charge in [-0.05, 0) is 52.3 Å². The molecule has 1 aromatic carbocycles. The molecule has 2 N–H and O–H groups in total. The molecule has 3 aromatic heterocycles. The molecule has 0 saturated carbocycles. The van der Waals surface area contributed by atoms with E-state index in [9.17, 15) is 4.79 Å². The number of nitrogens with zero attached hydrogens (tertiary/aromatic N) is 6. The molecular formula is C30H37N7O5. The molecule has 0 radical (unpaired) electrons. The molecule has 2 saturated heterocycles. The minimum Gasteiger partial charge on any atom is -0.444 e. The van der Waals surface area contributed by atoms with Gasteiger partial charge in [-0.2, -0.15) is 10.2 Å². The number of aromatic nitrogens is 5. The number of carbonyl (C=O) groups is 1. The Morgan fingerprint density at radius 2 is 1.86 bits per heavy atom. The lowest BCUT2D eigenvalue weighted by molar-refractivity contribution is -0.170. The second kappa shape index (κ2) is 10.4. The van der Waals surface area contributed by atoms with Crippen LogP contribution in [0.5, 0.6) is 0 Å². The topological polar surface area (TPSA) is 131 Å². The zero-order valence-corrected chi connectivity index (χ0v) is 24.7. The maximum atomic E-state index is 14.0. The summed E-state index contributed by atoms with van der Waals surface area (Å²) >= 11 is 0. The van der Waals surface area contributed by atoms with Crippen molar-refractivity contribution in [2.45, 2.75) is 76.9 Å². The number of hydrogen-bond donors (Lipinski definition) is 1. The quantitative estimate of drug-likeness (QED) is 0.361. The normalized spacial score (nSPS) is 23.4. The van der Waals surface area contributed by atoms with Gasteiger partial charge in [-0.3, -0.25) is 9.58 Å². The van der Waals surface area contributed by atoms with E-state index in [2.05, 4.69) is 15.2 Å². The number of carbonyl (C=O) groups excluding carboxylic acids is 1. The Kier molecular flexibility index (Phi) is 6.95. The van der Waals surface area contributed by atoms with Crippen LogP contribution >= 0.6 is 0 Å². The number of nitrogen functional groups attached to an aromatic ring is 1. The fourth-order valence-electron chi connectivity index (χ4n) is 5.86. The summed E-state index contributed by atoms with van der Waals surface area (Å²) in [5, 5.41) is 9.17. The first-order chi connectivity index (χ1) is 19.9. The van der Waals surface area contributed by atoms with E-state index < -0.39 is 41.8 Å². The third kappa shape index (κ3) is 5.21. The van der Waals surface area contributed by atoms with Crippen LogP contribution in [0.4, 0.5) is 10.6 Å². The lowest BCUT2D eigenvalue weighted by Crippen LogP contribution is -2.47. The van der Waals surface area contributed by atoms with Crippen LogP contribution in [-0.2, 0) is 32.6 Å². The summed E-state index contributed by atoms with van der Waals surface area (Å²) in [5.41, 5.74) is 9.41. The molecule has 0 aliphatic carbocycles. The predicted octanol–water partition coefficient (Wildman–Crippen LogP) is 4.11. The highest BCUT2D eigenvalue weighted by Gasteiger charge is 2.61. The van der Waals surface area contributed by atoms with Gasteiger partial charge in [0, 0.05) is 18.8 Å². The second-order valence-electron chi connectivity index (χ2n) is 12.2. The summed E-state index contributed by atoms with van der Waals surface area (Å²) in [6.45, 7) is 9.86. The van der Waals surface area contributed by atoms with Gasteiger partial charge in [0.25, 0.3) is 0 Å². The first-order valence-corrected chi connectivity index (χ1v) is 14.0. The molecule has 0 unspecified atom stereocenters. The molecule has 0 spiro atoms. The Labute approximate surface area is 244 Å². The van der Waals surface area contributed by atoms with E-state index in [4.69, 9.17) is 24.7 Å². The number of anilines is 1. The van der Waals surface area contributed by atoms with E-state index in [0.29, 0.717) is 29.3 Å². The smallest absolute Gasteiger partial charge is 0.411 e. The molecule has 12 nitrogen and oxygen atoms in total. The van der Waals surface area contributed by atoms with Crippen molar-refractivity contribution in [3.8, 4) is 11.3 Å². The summed E-state index contributed by atoms with van der Waals surface area (Å²) in [4.78, 5) is 19.9.